The Morgan fingerprint density at radius 3 is 2.70 bits per heavy atom. The minimum absolute atomic E-state index is 0.0363. The quantitative estimate of drug-likeness (QED) is 0.909. The summed E-state index contributed by atoms with van der Waals surface area (Å²) in [6.45, 7) is 5.03. The Labute approximate surface area is 140 Å². The third-order valence-electron chi connectivity index (χ3n) is 4.26. The summed E-state index contributed by atoms with van der Waals surface area (Å²) in [5, 5.41) is 2.80. The Hall–Kier alpha value is -1.86. The number of hydrogen-bond donors (Lipinski definition) is 1. The van der Waals surface area contributed by atoms with E-state index in [4.69, 9.17) is 0 Å². The van der Waals surface area contributed by atoms with E-state index in [0.717, 1.165) is 44.6 Å². The molecule has 0 bridgehead atoms. The minimum atomic E-state index is 0.0363. The summed E-state index contributed by atoms with van der Waals surface area (Å²) >= 11 is 1.73. The van der Waals surface area contributed by atoms with Crippen LogP contribution in [0.5, 0.6) is 0 Å². The van der Waals surface area contributed by atoms with Gasteiger partial charge in [0.05, 0.1) is 11.2 Å². The average Bonchev–Trinajstić information content (AvgIpc) is 2.99. The molecule has 3 rings (SSSR count). The van der Waals surface area contributed by atoms with Crippen molar-refractivity contribution >= 4 is 23.2 Å². The lowest BCUT2D eigenvalue weighted by Gasteiger charge is -2.31. The van der Waals surface area contributed by atoms with Gasteiger partial charge in [-0.15, -0.1) is 11.3 Å². The van der Waals surface area contributed by atoms with Crippen molar-refractivity contribution in [3.05, 3.63) is 34.5 Å². The van der Waals surface area contributed by atoms with E-state index >= 15 is 0 Å². The molecule has 1 fully saturated rings. The van der Waals surface area contributed by atoms with Crippen molar-refractivity contribution in [3.63, 3.8) is 0 Å². The fourth-order valence-electron chi connectivity index (χ4n) is 2.82. The Balaban J connectivity index is 1.43. The lowest BCUT2D eigenvalue weighted by atomic mass is 9.96. The highest BCUT2D eigenvalue weighted by atomic mass is 32.1. The van der Waals surface area contributed by atoms with Gasteiger partial charge in [-0.25, -0.2) is 15.0 Å². The van der Waals surface area contributed by atoms with Crippen LogP contribution >= 0.6 is 11.3 Å². The zero-order valence-electron chi connectivity index (χ0n) is 13.2. The van der Waals surface area contributed by atoms with Gasteiger partial charge in [0, 0.05) is 29.7 Å². The molecule has 0 aromatic carbocycles. The lowest BCUT2D eigenvalue weighted by molar-refractivity contribution is -0.121. The number of carbonyl (C=O) groups excluding carboxylic acids is 1. The van der Waals surface area contributed by atoms with Crippen LogP contribution < -0.4 is 5.32 Å². The Kier molecular flexibility index (Phi) is 5.30. The molecule has 0 aliphatic carbocycles. The Morgan fingerprint density at radius 1 is 1.30 bits per heavy atom. The predicted molar refractivity (Wildman–Crippen MR) is 90.4 cm³/mol. The van der Waals surface area contributed by atoms with Crippen molar-refractivity contribution in [1.82, 2.24) is 19.9 Å². The van der Waals surface area contributed by atoms with Gasteiger partial charge in [0.1, 0.15) is 0 Å². The fourth-order valence-corrected chi connectivity index (χ4v) is 3.59. The van der Waals surface area contributed by atoms with Gasteiger partial charge >= 0.3 is 0 Å². The maximum absolute atomic E-state index is 12.2. The van der Waals surface area contributed by atoms with Crippen LogP contribution in [-0.4, -0.2) is 45.4 Å². The van der Waals surface area contributed by atoms with Crippen LogP contribution in [0, 0.1) is 12.8 Å². The first-order chi connectivity index (χ1) is 11.2. The molecule has 3 heterocycles. The molecule has 1 aliphatic heterocycles. The molecule has 122 valence electrons. The third kappa shape index (κ3) is 4.33. The number of likely N-dealkylation sites (tertiary alicyclic amines) is 1. The number of piperidine rings is 1. The maximum atomic E-state index is 12.2. The molecule has 23 heavy (non-hydrogen) atoms. The SMILES string of the molecule is Cc1ncsc1CCN1CCC(C(=O)Nc2ncccn2)CC1. The van der Waals surface area contributed by atoms with E-state index in [1.54, 1.807) is 29.8 Å². The molecule has 0 saturated carbocycles. The summed E-state index contributed by atoms with van der Waals surface area (Å²) in [6.07, 6.45) is 6.09. The number of aromatic nitrogens is 3. The van der Waals surface area contributed by atoms with E-state index in [0.29, 0.717) is 5.95 Å². The normalized spacial score (nSPS) is 16.4. The van der Waals surface area contributed by atoms with Crippen molar-refractivity contribution in [2.75, 3.05) is 25.0 Å². The summed E-state index contributed by atoms with van der Waals surface area (Å²) in [4.78, 5) is 28.4. The highest BCUT2D eigenvalue weighted by Crippen LogP contribution is 2.20. The van der Waals surface area contributed by atoms with Gasteiger partial charge in [-0.1, -0.05) is 0 Å². The zero-order chi connectivity index (χ0) is 16.1. The molecule has 6 nitrogen and oxygen atoms in total. The van der Waals surface area contributed by atoms with Crippen molar-refractivity contribution in [2.24, 2.45) is 5.92 Å². The van der Waals surface area contributed by atoms with Crippen LogP contribution in [0.2, 0.25) is 0 Å². The second-order valence-corrected chi connectivity index (χ2v) is 6.73. The van der Waals surface area contributed by atoms with Crippen LogP contribution in [0.1, 0.15) is 23.4 Å². The Morgan fingerprint density at radius 2 is 2.04 bits per heavy atom. The molecular formula is C16H21N5OS. The number of anilines is 1. The standard InChI is InChI=1S/C16H21N5OS/c1-12-14(23-11-19-12)5-10-21-8-3-13(4-9-21)15(22)20-16-17-6-2-7-18-16/h2,6-7,11,13H,3-5,8-10H2,1H3,(H,17,18,20,22). The number of amides is 1. The lowest BCUT2D eigenvalue weighted by Crippen LogP contribution is -2.39. The van der Waals surface area contributed by atoms with Crippen molar-refractivity contribution in [1.29, 1.82) is 0 Å². The smallest absolute Gasteiger partial charge is 0.229 e. The number of aryl methyl sites for hydroxylation is 1. The van der Waals surface area contributed by atoms with E-state index in [9.17, 15) is 4.79 Å². The molecule has 0 atom stereocenters. The van der Waals surface area contributed by atoms with Gasteiger partial charge in [-0.3, -0.25) is 10.1 Å². The highest BCUT2D eigenvalue weighted by Gasteiger charge is 2.25. The summed E-state index contributed by atoms with van der Waals surface area (Å²) in [7, 11) is 0. The summed E-state index contributed by atoms with van der Waals surface area (Å²) in [5.41, 5.74) is 3.06. The average molecular weight is 331 g/mol. The van der Waals surface area contributed by atoms with Gasteiger partial charge in [0.25, 0.3) is 0 Å². The number of nitrogens with zero attached hydrogens (tertiary/aromatic N) is 4. The number of thiazole rings is 1. The number of carbonyl (C=O) groups is 1. The number of nitrogens with one attached hydrogen (secondary N) is 1. The van der Waals surface area contributed by atoms with Crippen LogP contribution in [0.25, 0.3) is 0 Å². The van der Waals surface area contributed by atoms with Crippen molar-refractivity contribution < 1.29 is 4.79 Å². The highest BCUT2D eigenvalue weighted by molar-refractivity contribution is 7.09. The number of hydrogen-bond acceptors (Lipinski definition) is 6. The molecule has 0 unspecified atom stereocenters. The van der Waals surface area contributed by atoms with E-state index in [2.05, 4.69) is 32.1 Å². The topological polar surface area (TPSA) is 71.0 Å². The first-order valence-electron chi connectivity index (χ1n) is 7.91. The molecule has 1 N–H and O–H groups in total. The second kappa shape index (κ2) is 7.61. The fraction of sp³-hybridized carbons (Fsp3) is 0.500. The molecule has 2 aromatic heterocycles. The Bertz CT molecular complexity index is 637. The monoisotopic (exact) mass is 331 g/mol. The predicted octanol–water partition coefficient (Wildman–Crippen LogP) is 2.13. The molecule has 1 saturated heterocycles. The zero-order valence-corrected chi connectivity index (χ0v) is 14.1. The maximum Gasteiger partial charge on any atom is 0.229 e. The molecule has 1 amide bonds. The van der Waals surface area contributed by atoms with Gasteiger partial charge in [-0.2, -0.15) is 0 Å². The van der Waals surface area contributed by atoms with E-state index in [1.807, 2.05) is 5.51 Å². The van der Waals surface area contributed by atoms with E-state index in [-0.39, 0.29) is 11.8 Å². The van der Waals surface area contributed by atoms with Crippen LogP contribution in [-0.2, 0) is 11.2 Å². The summed E-state index contributed by atoms with van der Waals surface area (Å²) in [5.74, 6) is 0.481. The first-order valence-corrected chi connectivity index (χ1v) is 8.79. The van der Waals surface area contributed by atoms with Crippen LogP contribution in [0.15, 0.2) is 24.0 Å². The molecule has 2 aromatic rings. The number of rotatable bonds is 5. The second-order valence-electron chi connectivity index (χ2n) is 5.79. The molecule has 7 heteroatoms. The van der Waals surface area contributed by atoms with Crippen molar-refractivity contribution in [2.45, 2.75) is 26.2 Å². The van der Waals surface area contributed by atoms with Crippen LogP contribution in [0.4, 0.5) is 5.95 Å². The van der Waals surface area contributed by atoms with Gasteiger partial charge in [0.15, 0.2) is 0 Å². The largest absolute Gasteiger partial charge is 0.303 e. The first kappa shape index (κ1) is 16.0. The summed E-state index contributed by atoms with van der Waals surface area (Å²) < 4.78 is 0. The van der Waals surface area contributed by atoms with Gasteiger partial charge in [-0.05, 0) is 45.3 Å². The van der Waals surface area contributed by atoms with Crippen molar-refractivity contribution in [3.8, 4) is 0 Å². The molecule has 0 radical (unpaired) electrons. The van der Waals surface area contributed by atoms with E-state index < -0.39 is 0 Å². The van der Waals surface area contributed by atoms with Gasteiger partial charge in [0.2, 0.25) is 11.9 Å². The van der Waals surface area contributed by atoms with E-state index in [1.165, 1.54) is 4.88 Å². The van der Waals surface area contributed by atoms with Crippen LogP contribution in [0.3, 0.4) is 0 Å². The minimum Gasteiger partial charge on any atom is -0.303 e. The molecule has 1 aliphatic rings. The molecule has 0 spiro atoms. The van der Waals surface area contributed by atoms with Gasteiger partial charge < -0.3 is 4.90 Å². The summed E-state index contributed by atoms with van der Waals surface area (Å²) in [6, 6.07) is 1.74. The molecular weight excluding hydrogens is 310 g/mol. The third-order valence-corrected chi connectivity index (χ3v) is 5.25.